The lowest BCUT2D eigenvalue weighted by Gasteiger charge is -2.29. The Morgan fingerprint density at radius 3 is 2.45 bits per heavy atom. The molecule has 3 aromatic rings. The third-order valence-corrected chi connectivity index (χ3v) is 8.16. The lowest BCUT2D eigenvalue weighted by atomic mass is 10.0. The summed E-state index contributed by atoms with van der Waals surface area (Å²) in [6, 6.07) is 11.8. The van der Waals surface area contributed by atoms with E-state index in [0.717, 1.165) is 44.3 Å². The van der Waals surface area contributed by atoms with Crippen molar-refractivity contribution >= 4 is 29.2 Å². The molecule has 1 saturated heterocycles. The van der Waals surface area contributed by atoms with Crippen LogP contribution in [0.25, 0.3) is 0 Å². The fourth-order valence-corrected chi connectivity index (χ4v) is 5.47. The van der Waals surface area contributed by atoms with Crippen molar-refractivity contribution in [3.8, 4) is 11.5 Å². The highest BCUT2D eigenvalue weighted by atomic mass is 35.5. The minimum atomic E-state index is -3.02. The number of hydrogen-bond acceptors (Lipinski definition) is 6. The van der Waals surface area contributed by atoms with Crippen molar-refractivity contribution in [1.29, 1.82) is 0 Å². The first-order valence-corrected chi connectivity index (χ1v) is 14.8. The molecule has 1 atom stereocenters. The molecule has 42 heavy (non-hydrogen) atoms. The average Bonchev–Trinajstić information content (AvgIpc) is 3.80. The van der Waals surface area contributed by atoms with E-state index in [4.69, 9.17) is 37.4 Å². The second-order valence-electron chi connectivity index (χ2n) is 10.8. The molecule has 11 heteroatoms. The minimum absolute atomic E-state index is 0.0946. The van der Waals surface area contributed by atoms with E-state index in [9.17, 15) is 18.7 Å². The van der Waals surface area contributed by atoms with E-state index >= 15 is 0 Å². The smallest absolute Gasteiger partial charge is 0.387 e. The number of benzene rings is 2. The summed E-state index contributed by atoms with van der Waals surface area (Å²) < 4.78 is 42.8. The topological polar surface area (TPSA) is 82.4 Å². The molecule has 2 fully saturated rings. The number of pyridine rings is 1. The molecule has 7 nitrogen and oxygen atoms in total. The van der Waals surface area contributed by atoms with Crippen LogP contribution >= 0.6 is 23.2 Å². The third-order valence-electron chi connectivity index (χ3n) is 7.49. The number of H-pyrrole nitrogens is 1. The molecule has 2 N–H and O–H groups in total. The van der Waals surface area contributed by atoms with E-state index in [1.54, 1.807) is 42.7 Å². The predicted octanol–water partition coefficient (Wildman–Crippen LogP) is 6.30. The van der Waals surface area contributed by atoms with Gasteiger partial charge in [-0.1, -0.05) is 41.4 Å². The highest BCUT2D eigenvalue weighted by Crippen LogP contribution is 2.38. The number of carbonyl (C=O) groups is 1. The van der Waals surface area contributed by atoms with Gasteiger partial charge < -0.3 is 19.3 Å². The first-order chi connectivity index (χ1) is 20.2. The van der Waals surface area contributed by atoms with Gasteiger partial charge in [-0.05, 0) is 67.0 Å². The molecule has 5 rings (SSSR count). The summed E-state index contributed by atoms with van der Waals surface area (Å²) in [6.45, 7) is -0.429. The number of rotatable bonds is 12. The van der Waals surface area contributed by atoms with Gasteiger partial charge in [-0.2, -0.15) is 8.78 Å². The van der Waals surface area contributed by atoms with E-state index in [-0.39, 0.29) is 24.0 Å². The first-order valence-electron chi connectivity index (χ1n) is 14.0. The summed E-state index contributed by atoms with van der Waals surface area (Å²) >= 11 is 12.9. The Bertz CT molecular complexity index is 1360. The summed E-state index contributed by atoms with van der Waals surface area (Å²) in [5.41, 5.74) is 2.39. The van der Waals surface area contributed by atoms with Gasteiger partial charge in [0.05, 0.1) is 18.3 Å². The van der Waals surface area contributed by atoms with Crippen molar-refractivity contribution < 1.29 is 37.9 Å². The molecule has 1 aliphatic carbocycles. The molecule has 1 aliphatic heterocycles. The van der Waals surface area contributed by atoms with Gasteiger partial charge in [0.2, 0.25) is 0 Å². The van der Waals surface area contributed by atoms with Gasteiger partial charge in [0.15, 0.2) is 23.9 Å². The molecule has 2 aliphatic rings. The number of piperidine rings is 1. The van der Waals surface area contributed by atoms with Crippen LogP contribution < -0.4 is 14.5 Å². The van der Waals surface area contributed by atoms with Crippen LogP contribution in [-0.4, -0.2) is 48.4 Å². The van der Waals surface area contributed by atoms with Crippen LogP contribution in [0, 0.1) is 5.92 Å². The first kappa shape index (κ1) is 30.5. The van der Waals surface area contributed by atoms with Gasteiger partial charge in [-0.25, -0.2) is 9.78 Å². The number of nitrogens with one attached hydrogen (secondary N) is 1. The predicted molar refractivity (Wildman–Crippen MR) is 153 cm³/mol. The van der Waals surface area contributed by atoms with Gasteiger partial charge >= 0.3 is 12.6 Å². The Morgan fingerprint density at radius 1 is 1.02 bits per heavy atom. The van der Waals surface area contributed by atoms with Crippen molar-refractivity contribution in [2.75, 3.05) is 19.7 Å². The summed E-state index contributed by atoms with van der Waals surface area (Å²) in [5.74, 6) is -0.128. The van der Waals surface area contributed by atoms with Crippen LogP contribution in [0.1, 0.15) is 58.8 Å². The van der Waals surface area contributed by atoms with Crippen LogP contribution in [0.3, 0.4) is 0 Å². The van der Waals surface area contributed by atoms with Crippen LogP contribution in [0.5, 0.6) is 11.5 Å². The second kappa shape index (κ2) is 14.0. The molecule has 0 spiro atoms. The molecule has 0 bridgehead atoms. The number of halogens is 4. The van der Waals surface area contributed by atoms with Gasteiger partial charge in [-0.15, -0.1) is 0 Å². The maximum absolute atomic E-state index is 13.5. The number of aromatic amines is 1. The highest BCUT2D eigenvalue weighted by molar-refractivity contribution is 6.35. The quantitative estimate of drug-likeness (QED) is 0.239. The van der Waals surface area contributed by atoms with Gasteiger partial charge in [-0.3, -0.25) is 4.90 Å². The maximum Gasteiger partial charge on any atom is 0.387 e. The van der Waals surface area contributed by atoms with Crippen molar-refractivity contribution in [2.45, 2.75) is 57.5 Å². The number of carbonyl (C=O) groups excluding carboxylic acids is 1. The summed E-state index contributed by atoms with van der Waals surface area (Å²) in [7, 11) is 0. The third kappa shape index (κ3) is 8.31. The Hall–Kier alpha value is -2.98. The number of esters is 1. The van der Waals surface area contributed by atoms with Crippen LogP contribution in [-0.2, 0) is 17.7 Å². The SMILES string of the molecule is O=C(O[C@@H](Cc1c(Cl)c[nH+]cc1Cl)c1ccc(OC(F)F)c(OCC2CC2)c1)c1cccc(CN2CCC(O)CC2)c1. The molecule has 1 saturated carbocycles. The molecule has 2 aromatic carbocycles. The minimum Gasteiger partial charge on any atom is -0.489 e. The maximum atomic E-state index is 13.5. The molecule has 224 valence electrons. The molecular formula is C31H33Cl2F2N2O5+. The standard InChI is InChI=1S/C31H32Cl2F2N2O5/c32-25-15-36-16-26(33)24(25)14-28(21-6-7-27(42-31(34)35)29(13-21)40-18-19-4-5-19)41-30(39)22-3-1-2-20(12-22)17-37-10-8-23(38)9-11-37/h1-3,6-7,12-13,15-16,19,23,28,31,38H,4-5,8-11,14,17-18H2/p+1/t28-/m0/s1. The van der Waals surface area contributed by atoms with Crippen molar-refractivity contribution in [3.63, 3.8) is 0 Å². The fraction of sp³-hybridized carbons (Fsp3) is 0.419. The zero-order valence-electron chi connectivity index (χ0n) is 22.9. The van der Waals surface area contributed by atoms with E-state index in [1.165, 1.54) is 6.07 Å². The Kier molecular flexibility index (Phi) is 10.2. The second-order valence-corrected chi connectivity index (χ2v) is 11.6. The van der Waals surface area contributed by atoms with Gasteiger partial charge in [0, 0.05) is 31.6 Å². The molecule has 0 radical (unpaired) electrons. The van der Waals surface area contributed by atoms with E-state index in [0.29, 0.717) is 45.8 Å². The highest BCUT2D eigenvalue weighted by Gasteiger charge is 2.27. The van der Waals surface area contributed by atoms with Crippen molar-refractivity contribution in [3.05, 3.63) is 87.2 Å². The summed E-state index contributed by atoms with van der Waals surface area (Å²) in [4.78, 5) is 18.6. The lowest BCUT2D eigenvalue weighted by Crippen LogP contribution is -2.35. The lowest BCUT2D eigenvalue weighted by molar-refractivity contribution is -0.377. The fourth-order valence-electron chi connectivity index (χ4n) is 4.94. The number of aromatic nitrogens is 1. The van der Waals surface area contributed by atoms with E-state index in [1.807, 2.05) is 6.07 Å². The average molecular weight is 623 g/mol. The molecule has 0 unspecified atom stereocenters. The van der Waals surface area contributed by atoms with E-state index < -0.39 is 18.7 Å². The van der Waals surface area contributed by atoms with Crippen LogP contribution in [0.15, 0.2) is 54.9 Å². The Labute approximate surface area is 253 Å². The van der Waals surface area contributed by atoms with E-state index in [2.05, 4.69) is 9.88 Å². The number of aliphatic hydroxyl groups is 1. The zero-order chi connectivity index (χ0) is 29.6. The number of ether oxygens (including phenoxy) is 3. The Balaban J connectivity index is 1.40. The monoisotopic (exact) mass is 621 g/mol. The number of hydrogen-bond donors (Lipinski definition) is 1. The number of nitrogens with zero attached hydrogens (tertiary/aromatic N) is 1. The van der Waals surface area contributed by atoms with Crippen molar-refractivity contribution in [2.24, 2.45) is 5.92 Å². The van der Waals surface area contributed by atoms with Gasteiger partial charge in [0.25, 0.3) is 0 Å². The van der Waals surface area contributed by atoms with Crippen LogP contribution in [0.4, 0.5) is 8.78 Å². The molecular weight excluding hydrogens is 589 g/mol. The largest absolute Gasteiger partial charge is 0.489 e. The van der Waals surface area contributed by atoms with Crippen molar-refractivity contribution in [1.82, 2.24) is 4.90 Å². The molecule has 2 heterocycles. The number of alkyl halides is 2. The summed E-state index contributed by atoms with van der Waals surface area (Å²) in [6.07, 6.45) is 5.63. The number of aliphatic hydroxyl groups excluding tert-OH is 1. The van der Waals surface area contributed by atoms with Crippen LogP contribution in [0.2, 0.25) is 10.0 Å². The molecule has 1 aromatic heterocycles. The summed E-state index contributed by atoms with van der Waals surface area (Å²) in [5, 5.41) is 10.5. The Morgan fingerprint density at radius 2 is 1.76 bits per heavy atom. The normalized spacial score (nSPS) is 16.8. The van der Waals surface area contributed by atoms with Gasteiger partial charge in [0.1, 0.15) is 16.1 Å². The molecule has 0 amide bonds. The number of likely N-dealkylation sites (tertiary alicyclic amines) is 1. The zero-order valence-corrected chi connectivity index (χ0v) is 24.4.